The van der Waals surface area contributed by atoms with Gasteiger partial charge in [-0.3, -0.25) is 4.99 Å². The average molecular weight is 489 g/mol. The van der Waals surface area contributed by atoms with Gasteiger partial charge in [0.05, 0.1) is 0 Å². The fourth-order valence-electron chi connectivity index (χ4n) is 3.05. The van der Waals surface area contributed by atoms with Crippen LogP contribution in [0.1, 0.15) is 44.7 Å². The van der Waals surface area contributed by atoms with E-state index in [1.54, 1.807) is 0 Å². The lowest BCUT2D eigenvalue weighted by atomic mass is 10.1. The maximum Gasteiger partial charge on any atom is 0.191 e. The summed E-state index contributed by atoms with van der Waals surface area (Å²) in [6, 6.07) is 9.13. The SMILES string of the molecule is CCN(CC)CCCC(C)NC(=NC)NCc1cccc(CN(C)C)c1.I. The van der Waals surface area contributed by atoms with Crippen molar-refractivity contribution < 1.29 is 0 Å². The topological polar surface area (TPSA) is 42.9 Å². The molecule has 0 saturated carbocycles. The number of benzene rings is 1. The second-order valence-electron chi connectivity index (χ2n) is 7.20. The van der Waals surface area contributed by atoms with Crippen molar-refractivity contribution in [2.24, 2.45) is 4.99 Å². The predicted octanol–water partition coefficient (Wildman–Crippen LogP) is 3.54. The van der Waals surface area contributed by atoms with Crippen molar-refractivity contribution in [3.05, 3.63) is 35.4 Å². The maximum atomic E-state index is 4.37. The van der Waals surface area contributed by atoms with Crippen molar-refractivity contribution in [1.82, 2.24) is 20.4 Å². The number of nitrogens with one attached hydrogen (secondary N) is 2. The Morgan fingerprint density at radius 3 is 2.41 bits per heavy atom. The fraction of sp³-hybridized carbons (Fsp3) is 0.667. The highest BCUT2D eigenvalue weighted by Gasteiger charge is 2.07. The van der Waals surface area contributed by atoms with Crippen LogP contribution in [0.25, 0.3) is 0 Å². The molecule has 0 bridgehead atoms. The maximum absolute atomic E-state index is 4.37. The standard InChI is InChI=1S/C21H39N5.HI/c1-7-26(8-2)14-10-11-18(3)24-21(22-4)23-16-19-12-9-13-20(15-19)17-25(5)6;/h9,12-13,15,18H,7-8,10-11,14,16-17H2,1-6H3,(H2,22,23,24);1H. The van der Waals surface area contributed by atoms with Crippen LogP contribution in [0.3, 0.4) is 0 Å². The lowest BCUT2D eigenvalue weighted by Crippen LogP contribution is -2.42. The highest BCUT2D eigenvalue weighted by molar-refractivity contribution is 14.0. The minimum absolute atomic E-state index is 0. The molecule has 1 rings (SSSR count). The predicted molar refractivity (Wildman–Crippen MR) is 129 cm³/mol. The molecule has 0 aliphatic rings. The van der Waals surface area contributed by atoms with E-state index in [1.165, 1.54) is 24.1 Å². The van der Waals surface area contributed by atoms with Crippen LogP contribution in [0.15, 0.2) is 29.3 Å². The third-order valence-electron chi connectivity index (χ3n) is 4.56. The molecule has 0 radical (unpaired) electrons. The van der Waals surface area contributed by atoms with Crippen LogP contribution in [0, 0.1) is 0 Å². The van der Waals surface area contributed by atoms with Crippen molar-refractivity contribution >= 4 is 29.9 Å². The van der Waals surface area contributed by atoms with Gasteiger partial charge in [-0.1, -0.05) is 38.1 Å². The Kier molecular flexibility index (Phi) is 14.6. The Morgan fingerprint density at radius 2 is 1.81 bits per heavy atom. The molecule has 6 heteroatoms. The number of guanidine groups is 1. The molecule has 156 valence electrons. The summed E-state index contributed by atoms with van der Waals surface area (Å²) in [5, 5.41) is 6.94. The van der Waals surface area contributed by atoms with Gasteiger partial charge in [-0.25, -0.2) is 0 Å². The fourth-order valence-corrected chi connectivity index (χ4v) is 3.05. The molecule has 27 heavy (non-hydrogen) atoms. The summed E-state index contributed by atoms with van der Waals surface area (Å²) >= 11 is 0. The van der Waals surface area contributed by atoms with E-state index in [9.17, 15) is 0 Å². The third-order valence-corrected chi connectivity index (χ3v) is 4.56. The van der Waals surface area contributed by atoms with Gasteiger partial charge in [-0.2, -0.15) is 0 Å². The van der Waals surface area contributed by atoms with E-state index in [2.05, 4.69) is 84.6 Å². The molecule has 2 N–H and O–H groups in total. The molecule has 0 aliphatic carbocycles. The number of nitrogens with zero attached hydrogens (tertiary/aromatic N) is 3. The minimum atomic E-state index is 0. The molecule has 0 amide bonds. The third kappa shape index (κ3) is 11.5. The van der Waals surface area contributed by atoms with Crippen LogP contribution >= 0.6 is 24.0 Å². The Bertz CT molecular complexity index is 529. The monoisotopic (exact) mass is 489 g/mol. The van der Waals surface area contributed by atoms with Crippen molar-refractivity contribution in [2.75, 3.05) is 40.8 Å². The Morgan fingerprint density at radius 1 is 1.15 bits per heavy atom. The number of aliphatic imine (C=N–C) groups is 1. The van der Waals surface area contributed by atoms with Gasteiger partial charge in [0, 0.05) is 26.2 Å². The highest BCUT2D eigenvalue weighted by atomic mass is 127. The second kappa shape index (κ2) is 15.1. The van der Waals surface area contributed by atoms with Gasteiger partial charge in [0.1, 0.15) is 0 Å². The molecule has 0 heterocycles. The van der Waals surface area contributed by atoms with Crippen LogP contribution in [0.4, 0.5) is 0 Å². The van der Waals surface area contributed by atoms with Crippen LogP contribution in [0.5, 0.6) is 0 Å². The number of halogens is 1. The first-order valence-corrected chi connectivity index (χ1v) is 9.90. The first kappa shape index (κ1) is 26.1. The summed E-state index contributed by atoms with van der Waals surface area (Å²) < 4.78 is 0. The summed E-state index contributed by atoms with van der Waals surface area (Å²) in [5.41, 5.74) is 2.61. The number of hydrogen-bond donors (Lipinski definition) is 2. The van der Waals surface area contributed by atoms with Crippen molar-refractivity contribution in [1.29, 1.82) is 0 Å². The van der Waals surface area contributed by atoms with E-state index in [0.29, 0.717) is 6.04 Å². The summed E-state index contributed by atoms with van der Waals surface area (Å²) in [6.07, 6.45) is 2.36. The summed E-state index contributed by atoms with van der Waals surface area (Å²) in [5.74, 6) is 0.873. The van der Waals surface area contributed by atoms with Crippen LogP contribution in [0.2, 0.25) is 0 Å². The van der Waals surface area contributed by atoms with E-state index in [-0.39, 0.29) is 24.0 Å². The molecule has 1 unspecified atom stereocenters. The second-order valence-corrected chi connectivity index (χ2v) is 7.20. The zero-order chi connectivity index (χ0) is 19.4. The van der Waals surface area contributed by atoms with Gasteiger partial charge in [0.2, 0.25) is 0 Å². The van der Waals surface area contributed by atoms with E-state index in [4.69, 9.17) is 0 Å². The molecule has 0 saturated heterocycles. The zero-order valence-corrected chi connectivity index (χ0v) is 20.4. The molecule has 0 fully saturated rings. The van der Waals surface area contributed by atoms with E-state index in [1.807, 2.05) is 7.05 Å². The van der Waals surface area contributed by atoms with Gasteiger partial charge in [-0.15, -0.1) is 24.0 Å². The molecule has 1 aromatic rings. The first-order chi connectivity index (χ1) is 12.5. The Labute approximate surface area is 184 Å². The van der Waals surface area contributed by atoms with Gasteiger partial charge in [0.15, 0.2) is 5.96 Å². The molecule has 0 aliphatic heterocycles. The number of hydrogen-bond acceptors (Lipinski definition) is 3. The number of rotatable bonds is 11. The van der Waals surface area contributed by atoms with Crippen LogP contribution < -0.4 is 10.6 Å². The van der Waals surface area contributed by atoms with E-state index < -0.39 is 0 Å². The largest absolute Gasteiger partial charge is 0.354 e. The van der Waals surface area contributed by atoms with Gasteiger partial charge in [-0.05, 0) is 64.6 Å². The quantitative estimate of drug-likeness (QED) is 0.284. The molecule has 1 aromatic carbocycles. The summed E-state index contributed by atoms with van der Waals surface area (Å²) in [7, 11) is 6.02. The summed E-state index contributed by atoms with van der Waals surface area (Å²) in [4.78, 5) is 9.03. The minimum Gasteiger partial charge on any atom is -0.354 e. The van der Waals surface area contributed by atoms with Crippen molar-refractivity contribution in [2.45, 2.75) is 52.7 Å². The molecule has 1 atom stereocenters. The smallest absolute Gasteiger partial charge is 0.191 e. The lowest BCUT2D eigenvalue weighted by molar-refractivity contribution is 0.292. The lowest BCUT2D eigenvalue weighted by Gasteiger charge is -2.21. The Balaban J connectivity index is 0.00000676. The van der Waals surface area contributed by atoms with E-state index in [0.717, 1.165) is 38.6 Å². The van der Waals surface area contributed by atoms with Crippen molar-refractivity contribution in [3.63, 3.8) is 0 Å². The molecular weight excluding hydrogens is 449 g/mol. The summed E-state index contributed by atoms with van der Waals surface area (Å²) in [6.45, 7) is 11.9. The molecular formula is C21H40IN5. The molecule has 0 aromatic heterocycles. The molecule has 0 spiro atoms. The normalized spacial score (nSPS) is 12.8. The van der Waals surface area contributed by atoms with Gasteiger partial charge in [0.25, 0.3) is 0 Å². The highest BCUT2D eigenvalue weighted by Crippen LogP contribution is 2.07. The Hall–Kier alpha value is -0.860. The van der Waals surface area contributed by atoms with Gasteiger partial charge < -0.3 is 20.4 Å². The van der Waals surface area contributed by atoms with Crippen LogP contribution in [-0.4, -0.2) is 62.6 Å². The first-order valence-electron chi connectivity index (χ1n) is 9.90. The van der Waals surface area contributed by atoms with Crippen LogP contribution in [-0.2, 0) is 13.1 Å². The molecule has 5 nitrogen and oxygen atoms in total. The zero-order valence-electron chi connectivity index (χ0n) is 18.1. The van der Waals surface area contributed by atoms with Crippen molar-refractivity contribution in [3.8, 4) is 0 Å². The van der Waals surface area contributed by atoms with Gasteiger partial charge >= 0.3 is 0 Å². The average Bonchev–Trinajstić information content (AvgIpc) is 2.62. The van der Waals surface area contributed by atoms with E-state index >= 15 is 0 Å².